The van der Waals surface area contributed by atoms with Crippen LogP contribution in [-0.2, 0) is 4.79 Å². The quantitative estimate of drug-likeness (QED) is 0.888. The fourth-order valence-electron chi connectivity index (χ4n) is 2.88. The van der Waals surface area contributed by atoms with Crippen LogP contribution in [0.3, 0.4) is 0 Å². The molecule has 3 nitrogen and oxygen atoms in total. The van der Waals surface area contributed by atoms with E-state index in [0.717, 1.165) is 17.8 Å². The molecule has 0 bridgehead atoms. The highest BCUT2D eigenvalue weighted by molar-refractivity contribution is 5.98. The lowest BCUT2D eigenvalue weighted by Gasteiger charge is -2.36. The zero-order chi connectivity index (χ0) is 13.3. The molecule has 0 aliphatic carbocycles. The maximum absolute atomic E-state index is 12.3. The van der Waals surface area contributed by atoms with Crippen LogP contribution in [0.25, 0.3) is 0 Å². The van der Waals surface area contributed by atoms with E-state index in [2.05, 4.69) is 32.2 Å². The van der Waals surface area contributed by atoms with Crippen molar-refractivity contribution in [1.29, 1.82) is 0 Å². The summed E-state index contributed by atoms with van der Waals surface area (Å²) in [7, 11) is 1.94. The number of benzene rings is 1. The number of aryl methyl sites for hydroxylation is 1. The normalized spacial score (nSPS) is 22.6. The van der Waals surface area contributed by atoms with Crippen molar-refractivity contribution in [2.45, 2.75) is 32.7 Å². The second-order valence-electron chi connectivity index (χ2n) is 5.63. The molecule has 1 amide bonds. The van der Waals surface area contributed by atoms with Gasteiger partial charge in [0.15, 0.2) is 0 Å². The Balaban J connectivity index is 2.39. The van der Waals surface area contributed by atoms with E-state index in [0.29, 0.717) is 12.3 Å². The van der Waals surface area contributed by atoms with Crippen LogP contribution in [0.5, 0.6) is 0 Å². The van der Waals surface area contributed by atoms with Gasteiger partial charge in [-0.25, -0.2) is 0 Å². The molecule has 1 aliphatic rings. The summed E-state index contributed by atoms with van der Waals surface area (Å²) in [4.78, 5) is 14.3. The molecule has 1 aromatic carbocycles. The Bertz CT molecular complexity index is 454. The summed E-state index contributed by atoms with van der Waals surface area (Å²) >= 11 is 0. The second kappa shape index (κ2) is 4.73. The number of carbonyl (C=O) groups is 1. The maximum atomic E-state index is 12.3. The molecule has 98 valence electrons. The van der Waals surface area contributed by atoms with Crippen molar-refractivity contribution in [3.63, 3.8) is 0 Å². The van der Waals surface area contributed by atoms with Crippen molar-refractivity contribution < 1.29 is 4.79 Å². The van der Waals surface area contributed by atoms with E-state index in [9.17, 15) is 4.79 Å². The van der Waals surface area contributed by atoms with Gasteiger partial charge in [0.2, 0.25) is 5.91 Å². The minimum Gasteiger partial charge on any atom is -0.319 e. The predicted octanol–water partition coefficient (Wildman–Crippen LogP) is 2.35. The molecule has 1 saturated heterocycles. The van der Waals surface area contributed by atoms with Crippen molar-refractivity contribution in [3.8, 4) is 0 Å². The van der Waals surface area contributed by atoms with Gasteiger partial charge >= 0.3 is 0 Å². The van der Waals surface area contributed by atoms with Crippen molar-refractivity contribution in [3.05, 3.63) is 29.8 Å². The molecule has 0 radical (unpaired) electrons. The molecule has 1 unspecified atom stereocenters. The van der Waals surface area contributed by atoms with Gasteiger partial charge in [-0.1, -0.05) is 18.2 Å². The van der Waals surface area contributed by atoms with E-state index in [4.69, 9.17) is 0 Å². The van der Waals surface area contributed by atoms with Crippen LogP contribution >= 0.6 is 0 Å². The van der Waals surface area contributed by atoms with Crippen molar-refractivity contribution in [2.24, 2.45) is 5.92 Å². The zero-order valence-electron chi connectivity index (χ0n) is 11.7. The molecule has 3 heteroatoms. The third-order valence-corrected chi connectivity index (χ3v) is 4.05. The van der Waals surface area contributed by atoms with Crippen LogP contribution in [0.4, 0.5) is 5.69 Å². The summed E-state index contributed by atoms with van der Waals surface area (Å²) < 4.78 is 0. The molecule has 1 aliphatic heterocycles. The van der Waals surface area contributed by atoms with Crippen LogP contribution in [-0.4, -0.2) is 25.0 Å². The van der Waals surface area contributed by atoms with E-state index in [1.54, 1.807) is 0 Å². The molecule has 1 N–H and O–H groups in total. The van der Waals surface area contributed by atoms with E-state index < -0.39 is 0 Å². The number of hydrogen-bond donors (Lipinski definition) is 1. The highest BCUT2D eigenvalue weighted by Gasteiger charge is 2.46. The number of rotatable bonds is 3. The lowest BCUT2D eigenvalue weighted by molar-refractivity contribution is -0.117. The van der Waals surface area contributed by atoms with Gasteiger partial charge in [-0.05, 0) is 39.4 Å². The van der Waals surface area contributed by atoms with E-state index in [-0.39, 0.29) is 11.4 Å². The molecule has 0 aromatic heterocycles. The lowest BCUT2D eigenvalue weighted by atomic mass is 9.88. The third kappa shape index (κ3) is 2.03. The number of nitrogens with one attached hydrogen (secondary N) is 1. The first-order valence-corrected chi connectivity index (χ1v) is 6.51. The van der Waals surface area contributed by atoms with Gasteiger partial charge in [-0.2, -0.15) is 0 Å². The number of anilines is 1. The van der Waals surface area contributed by atoms with Gasteiger partial charge < -0.3 is 10.2 Å². The summed E-state index contributed by atoms with van der Waals surface area (Å²) in [5.74, 6) is 0.587. The minimum atomic E-state index is -0.133. The van der Waals surface area contributed by atoms with Crippen molar-refractivity contribution in [1.82, 2.24) is 5.32 Å². The molecule has 1 aromatic rings. The van der Waals surface area contributed by atoms with Gasteiger partial charge in [-0.15, -0.1) is 0 Å². The molecule has 1 atom stereocenters. The van der Waals surface area contributed by atoms with E-state index >= 15 is 0 Å². The Hall–Kier alpha value is -1.35. The SMILES string of the molecule is CNCC1CC(=O)N(c2ccccc2C)C1(C)C. The number of hydrogen-bond acceptors (Lipinski definition) is 2. The smallest absolute Gasteiger partial charge is 0.227 e. The predicted molar refractivity (Wildman–Crippen MR) is 74.8 cm³/mol. The van der Waals surface area contributed by atoms with Crippen LogP contribution in [0.1, 0.15) is 25.8 Å². The second-order valence-corrected chi connectivity index (χ2v) is 5.63. The monoisotopic (exact) mass is 246 g/mol. The Kier molecular flexibility index (Phi) is 3.44. The Morgan fingerprint density at radius 1 is 1.39 bits per heavy atom. The third-order valence-electron chi connectivity index (χ3n) is 4.05. The average molecular weight is 246 g/mol. The number of carbonyl (C=O) groups excluding carboxylic acids is 1. The average Bonchev–Trinajstić information content (AvgIpc) is 2.52. The largest absolute Gasteiger partial charge is 0.319 e. The molecule has 1 fully saturated rings. The van der Waals surface area contributed by atoms with Crippen LogP contribution in [0, 0.1) is 12.8 Å². The summed E-state index contributed by atoms with van der Waals surface area (Å²) in [5, 5.41) is 3.19. The minimum absolute atomic E-state index is 0.133. The number of para-hydroxylation sites is 1. The van der Waals surface area contributed by atoms with Crippen LogP contribution in [0.15, 0.2) is 24.3 Å². The fraction of sp³-hybridized carbons (Fsp3) is 0.533. The van der Waals surface area contributed by atoms with Gasteiger partial charge in [-0.3, -0.25) is 4.79 Å². The molecular formula is C15H22N2O. The Morgan fingerprint density at radius 2 is 2.06 bits per heavy atom. The highest BCUT2D eigenvalue weighted by atomic mass is 16.2. The van der Waals surface area contributed by atoms with Crippen LogP contribution in [0.2, 0.25) is 0 Å². The van der Waals surface area contributed by atoms with Gasteiger partial charge in [0, 0.05) is 30.1 Å². The molecule has 18 heavy (non-hydrogen) atoms. The van der Waals surface area contributed by atoms with Crippen molar-refractivity contribution >= 4 is 11.6 Å². The van der Waals surface area contributed by atoms with Crippen molar-refractivity contribution in [2.75, 3.05) is 18.5 Å². The first-order chi connectivity index (χ1) is 8.48. The number of amides is 1. The molecule has 0 saturated carbocycles. The molecule has 2 rings (SSSR count). The Morgan fingerprint density at radius 3 is 2.67 bits per heavy atom. The molecule has 1 heterocycles. The molecular weight excluding hydrogens is 224 g/mol. The summed E-state index contributed by atoms with van der Waals surface area (Å²) in [5.41, 5.74) is 2.07. The fourth-order valence-corrected chi connectivity index (χ4v) is 2.88. The summed E-state index contributed by atoms with van der Waals surface area (Å²) in [6, 6.07) is 8.11. The summed E-state index contributed by atoms with van der Waals surface area (Å²) in [6.45, 7) is 7.25. The van der Waals surface area contributed by atoms with Gasteiger partial charge in [0.1, 0.15) is 0 Å². The van der Waals surface area contributed by atoms with E-state index in [1.165, 1.54) is 0 Å². The number of nitrogens with zero attached hydrogens (tertiary/aromatic N) is 1. The van der Waals surface area contributed by atoms with Crippen LogP contribution < -0.4 is 10.2 Å². The maximum Gasteiger partial charge on any atom is 0.227 e. The molecule has 0 spiro atoms. The topological polar surface area (TPSA) is 32.3 Å². The van der Waals surface area contributed by atoms with Gasteiger partial charge in [0.25, 0.3) is 0 Å². The van der Waals surface area contributed by atoms with E-state index in [1.807, 2.05) is 30.1 Å². The van der Waals surface area contributed by atoms with Gasteiger partial charge in [0.05, 0.1) is 0 Å². The standard InChI is InChI=1S/C15H22N2O/c1-11-7-5-6-8-13(11)17-14(18)9-12(10-16-4)15(17,2)3/h5-8,12,16H,9-10H2,1-4H3. The Labute approximate surface area is 109 Å². The summed E-state index contributed by atoms with van der Waals surface area (Å²) in [6.07, 6.45) is 0.627. The first kappa shape index (κ1) is 13.1. The first-order valence-electron chi connectivity index (χ1n) is 6.51. The zero-order valence-corrected chi connectivity index (χ0v) is 11.7. The highest BCUT2D eigenvalue weighted by Crippen LogP contribution is 2.39. The lowest BCUT2D eigenvalue weighted by Crippen LogP contribution is -2.46.